The van der Waals surface area contributed by atoms with E-state index < -0.39 is 0 Å². The van der Waals surface area contributed by atoms with Gasteiger partial charge < -0.3 is 9.47 Å². The van der Waals surface area contributed by atoms with Gasteiger partial charge in [0.15, 0.2) is 0 Å². The van der Waals surface area contributed by atoms with E-state index in [2.05, 4.69) is 289 Å². The van der Waals surface area contributed by atoms with Crippen LogP contribution in [0.15, 0.2) is 279 Å². The lowest BCUT2D eigenvalue weighted by molar-refractivity contribution is 1.18. The number of para-hydroxylation sites is 3. The van der Waals surface area contributed by atoms with Crippen molar-refractivity contribution in [2.45, 2.75) is 0 Å². The van der Waals surface area contributed by atoms with Gasteiger partial charge in [0.1, 0.15) is 0 Å². The second-order valence-corrected chi connectivity index (χ2v) is 20.7. The number of anilines is 3. The van der Waals surface area contributed by atoms with E-state index >= 15 is 0 Å². The molecule has 0 spiro atoms. The molecule has 0 aliphatic rings. The van der Waals surface area contributed by atoms with E-state index in [1.54, 1.807) is 0 Å². The molecule has 0 amide bonds. The molecule has 350 valence electrons. The smallest absolute Gasteiger partial charge is 0.0541 e. The zero-order chi connectivity index (χ0) is 49.4. The van der Waals surface area contributed by atoms with Crippen molar-refractivity contribution in [3.8, 4) is 50.2 Å². The Balaban J connectivity index is 0.786. The number of aromatic nitrogens is 1. The molecule has 0 atom stereocenters. The molecule has 0 aliphatic carbocycles. The molecule has 0 aliphatic heterocycles. The van der Waals surface area contributed by atoms with Crippen LogP contribution in [0.1, 0.15) is 0 Å². The molecule has 0 saturated carbocycles. The van der Waals surface area contributed by atoms with Crippen molar-refractivity contribution >= 4 is 103 Å². The highest BCUT2D eigenvalue weighted by Crippen LogP contribution is 2.43. The van der Waals surface area contributed by atoms with Gasteiger partial charge in [-0.25, -0.2) is 0 Å². The lowest BCUT2D eigenvalue weighted by atomic mass is 9.96. The zero-order valence-electron chi connectivity index (χ0n) is 40.9. The SMILES string of the molecule is c1ccc(-n2c3ccccc3c3ccccc32)c(-c2ccc(N(c3ccc(-c4ccc(-c5ccc6ccc7ccccc7c6c5)cc4)cc3)c3ccc(-c4ccc5c(c4)sc4c6ccccc6ccc54)cc3)cc2)c1. The van der Waals surface area contributed by atoms with E-state index in [-0.39, 0.29) is 0 Å². The third kappa shape index (κ3) is 7.31. The second kappa shape index (κ2) is 17.6. The van der Waals surface area contributed by atoms with Crippen molar-refractivity contribution in [2.75, 3.05) is 4.90 Å². The monoisotopic (exact) mass is 970 g/mol. The molecule has 75 heavy (non-hydrogen) atoms. The summed E-state index contributed by atoms with van der Waals surface area (Å²) in [5.74, 6) is 0. The summed E-state index contributed by atoms with van der Waals surface area (Å²) < 4.78 is 5.08. The fourth-order valence-corrected chi connectivity index (χ4v) is 12.9. The van der Waals surface area contributed by atoms with Crippen molar-refractivity contribution in [1.82, 2.24) is 4.57 Å². The van der Waals surface area contributed by atoms with Gasteiger partial charge in [0.05, 0.1) is 16.7 Å². The molecule has 15 aromatic rings. The quantitative estimate of drug-likeness (QED) is 0.138. The summed E-state index contributed by atoms with van der Waals surface area (Å²) >= 11 is 1.89. The molecule has 0 saturated heterocycles. The Morgan fingerprint density at radius 1 is 0.267 bits per heavy atom. The van der Waals surface area contributed by atoms with Crippen molar-refractivity contribution in [2.24, 2.45) is 0 Å². The summed E-state index contributed by atoms with van der Waals surface area (Å²) in [7, 11) is 0. The zero-order valence-corrected chi connectivity index (χ0v) is 41.7. The molecule has 0 radical (unpaired) electrons. The Morgan fingerprint density at radius 2 is 0.680 bits per heavy atom. The molecule has 2 nitrogen and oxygen atoms in total. The van der Waals surface area contributed by atoms with Crippen molar-refractivity contribution < 1.29 is 0 Å². The molecule has 0 bridgehead atoms. The molecule has 0 fully saturated rings. The third-order valence-electron chi connectivity index (χ3n) is 15.4. The van der Waals surface area contributed by atoms with Gasteiger partial charge in [-0.05, 0) is 138 Å². The number of hydrogen-bond donors (Lipinski definition) is 0. The van der Waals surface area contributed by atoms with E-state index in [4.69, 9.17) is 0 Å². The number of fused-ring (bicyclic) bond motifs is 11. The Bertz CT molecular complexity index is 4620. The average Bonchev–Trinajstić information content (AvgIpc) is 4.04. The number of nitrogens with zero attached hydrogens (tertiary/aromatic N) is 2. The van der Waals surface area contributed by atoms with Gasteiger partial charge in [0, 0.05) is 53.6 Å². The maximum Gasteiger partial charge on any atom is 0.0541 e. The van der Waals surface area contributed by atoms with Gasteiger partial charge in [0.25, 0.3) is 0 Å². The van der Waals surface area contributed by atoms with Gasteiger partial charge in [-0.2, -0.15) is 0 Å². The van der Waals surface area contributed by atoms with E-state index in [9.17, 15) is 0 Å². The minimum absolute atomic E-state index is 1.08. The van der Waals surface area contributed by atoms with E-state index in [0.717, 1.165) is 28.3 Å². The van der Waals surface area contributed by atoms with Crippen LogP contribution in [0, 0.1) is 0 Å². The third-order valence-corrected chi connectivity index (χ3v) is 16.6. The van der Waals surface area contributed by atoms with Gasteiger partial charge >= 0.3 is 0 Å². The Labute approximate surface area is 438 Å². The number of benzene rings is 13. The first kappa shape index (κ1) is 43.1. The molecule has 0 unspecified atom stereocenters. The molecule has 3 heteroatoms. The van der Waals surface area contributed by atoms with Crippen LogP contribution < -0.4 is 4.90 Å². The molecule has 2 heterocycles. The fourth-order valence-electron chi connectivity index (χ4n) is 11.7. The van der Waals surface area contributed by atoms with Crippen LogP contribution >= 0.6 is 11.3 Å². The molecular formula is C72H46N2S. The maximum atomic E-state index is 2.42. The molecule has 0 N–H and O–H groups in total. The minimum atomic E-state index is 1.08. The average molecular weight is 971 g/mol. The summed E-state index contributed by atoms with van der Waals surface area (Å²) in [6, 6.07) is 103. The van der Waals surface area contributed by atoms with Crippen LogP contribution in [0.3, 0.4) is 0 Å². The largest absolute Gasteiger partial charge is 0.311 e. The fraction of sp³-hybridized carbons (Fsp3) is 0. The van der Waals surface area contributed by atoms with Gasteiger partial charge in [-0.1, -0.05) is 212 Å². The predicted octanol–water partition coefficient (Wildman–Crippen LogP) is 20.7. The van der Waals surface area contributed by atoms with Crippen LogP contribution in [0.5, 0.6) is 0 Å². The van der Waals surface area contributed by atoms with Crippen LogP contribution in [0.25, 0.3) is 124 Å². The molecular weight excluding hydrogens is 925 g/mol. The first-order valence-corrected chi connectivity index (χ1v) is 26.5. The van der Waals surface area contributed by atoms with Crippen LogP contribution in [-0.2, 0) is 0 Å². The van der Waals surface area contributed by atoms with Crippen molar-refractivity contribution in [1.29, 1.82) is 0 Å². The molecule has 15 rings (SSSR count). The summed E-state index contributed by atoms with van der Waals surface area (Å²) in [6.07, 6.45) is 0. The highest BCUT2D eigenvalue weighted by atomic mass is 32.1. The number of rotatable bonds is 8. The lowest BCUT2D eigenvalue weighted by Crippen LogP contribution is -2.09. The van der Waals surface area contributed by atoms with Gasteiger partial charge in [-0.15, -0.1) is 11.3 Å². The Morgan fingerprint density at radius 3 is 1.32 bits per heavy atom. The highest BCUT2D eigenvalue weighted by Gasteiger charge is 2.18. The Kier molecular flexibility index (Phi) is 10.1. The second-order valence-electron chi connectivity index (χ2n) is 19.6. The summed E-state index contributed by atoms with van der Waals surface area (Å²) in [4.78, 5) is 2.38. The van der Waals surface area contributed by atoms with Crippen LogP contribution in [-0.4, -0.2) is 4.57 Å². The van der Waals surface area contributed by atoms with E-state index in [0.29, 0.717) is 0 Å². The number of thiophene rings is 1. The van der Waals surface area contributed by atoms with E-state index in [1.807, 2.05) is 11.3 Å². The lowest BCUT2D eigenvalue weighted by Gasteiger charge is -2.26. The first-order chi connectivity index (χ1) is 37.2. The summed E-state index contributed by atoms with van der Waals surface area (Å²) in [5.41, 5.74) is 16.4. The molecule has 13 aromatic carbocycles. The predicted molar refractivity (Wildman–Crippen MR) is 323 cm³/mol. The summed E-state index contributed by atoms with van der Waals surface area (Å²) in [5, 5.41) is 12.8. The number of hydrogen-bond acceptors (Lipinski definition) is 2. The maximum absolute atomic E-state index is 2.42. The Hall–Kier alpha value is -9.54. The van der Waals surface area contributed by atoms with Gasteiger partial charge in [-0.3, -0.25) is 0 Å². The summed E-state index contributed by atoms with van der Waals surface area (Å²) in [6.45, 7) is 0. The highest BCUT2D eigenvalue weighted by molar-refractivity contribution is 7.26. The standard InChI is InChI=1S/C72H46N2S/c1-3-13-60-51(11-1)25-26-54-27-28-55(45-67(54)60)49-23-21-47(22-24-49)48-29-37-57(38-30-48)73(58-39-31-50(32-40-58)56-36-43-65-66-44-35-52-12-2-4-15-62(52)72(66)75-71(65)46-56)59-41-33-53(34-42-59)61-14-5-8-18-68(61)74-69-19-9-6-16-63(69)64-17-7-10-20-70(64)74/h1-46H. The molecule has 2 aromatic heterocycles. The van der Waals surface area contributed by atoms with E-state index in [1.165, 1.54) is 113 Å². The van der Waals surface area contributed by atoms with Crippen LogP contribution in [0.2, 0.25) is 0 Å². The van der Waals surface area contributed by atoms with Crippen molar-refractivity contribution in [3.05, 3.63) is 279 Å². The van der Waals surface area contributed by atoms with Gasteiger partial charge in [0.2, 0.25) is 0 Å². The topological polar surface area (TPSA) is 8.17 Å². The normalized spacial score (nSPS) is 11.7. The van der Waals surface area contributed by atoms with Crippen LogP contribution in [0.4, 0.5) is 17.1 Å². The van der Waals surface area contributed by atoms with Crippen molar-refractivity contribution in [3.63, 3.8) is 0 Å². The first-order valence-electron chi connectivity index (χ1n) is 25.7. The minimum Gasteiger partial charge on any atom is -0.311 e.